The third-order valence-corrected chi connectivity index (χ3v) is 3.18. The summed E-state index contributed by atoms with van der Waals surface area (Å²) in [4.78, 5) is 15.9. The molecule has 5 heteroatoms. The molecule has 0 aliphatic rings. The molecule has 5 nitrogen and oxygen atoms in total. The van der Waals surface area contributed by atoms with Gasteiger partial charge in [0.1, 0.15) is 11.6 Å². The number of fused-ring (bicyclic) bond motifs is 1. The van der Waals surface area contributed by atoms with Gasteiger partial charge in [0.05, 0.1) is 5.52 Å². The van der Waals surface area contributed by atoms with Gasteiger partial charge >= 0.3 is 0 Å². The summed E-state index contributed by atoms with van der Waals surface area (Å²) in [6, 6.07) is 13.1. The maximum Gasteiger partial charge on any atom is 0.263 e. The first-order valence-electron chi connectivity index (χ1n) is 6.62. The van der Waals surface area contributed by atoms with E-state index in [0.29, 0.717) is 11.6 Å². The van der Waals surface area contributed by atoms with Crippen LogP contribution in [0.1, 0.15) is 0 Å². The Morgan fingerprint density at radius 3 is 2.95 bits per heavy atom. The standard InChI is InChI=1S/C16H15N3O2/c1-19-10-8-12-13(19)5-4-6-14(12)21-11-16(20)18-15-7-2-3-9-17-15/h2-10H,11H2,1H3,(H,17,18,20). The molecule has 0 saturated heterocycles. The minimum atomic E-state index is -0.235. The van der Waals surface area contributed by atoms with Crippen LogP contribution in [-0.4, -0.2) is 22.1 Å². The monoisotopic (exact) mass is 281 g/mol. The summed E-state index contributed by atoms with van der Waals surface area (Å²) < 4.78 is 7.62. The SMILES string of the molecule is Cn1ccc2c(OCC(=O)Nc3ccccn3)cccc21. The molecule has 0 spiro atoms. The molecular formula is C16H15N3O2. The second kappa shape index (κ2) is 5.66. The Morgan fingerprint density at radius 1 is 1.24 bits per heavy atom. The van der Waals surface area contributed by atoms with Gasteiger partial charge in [-0.25, -0.2) is 4.98 Å². The van der Waals surface area contributed by atoms with Gasteiger partial charge in [-0.3, -0.25) is 4.79 Å². The summed E-state index contributed by atoms with van der Waals surface area (Å²) in [7, 11) is 1.97. The van der Waals surface area contributed by atoms with Gasteiger partial charge in [0.15, 0.2) is 6.61 Å². The Labute approximate surface area is 122 Å². The fourth-order valence-electron chi connectivity index (χ4n) is 2.16. The number of benzene rings is 1. The first-order chi connectivity index (χ1) is 10.2. The predicted molar refractivity (Wildman–Crippen MR) is 81.3 cm³/mol. The van der Waals surface area contributed by atoms with Crippen LogP contribution in [-0.2, 0) is 11.8 Å². The van der Waals surface area contributed by atoms with Crippen molar-refractivity contribution in [2.75, 3.05) is 11.9 Å². The number of carbonyl (C=O) groups is 1. The highest BCUT2D eigenvalue weighted by atomic mass is 16.5. The maximum absolute atomic E-state index is 11.8. The van der Waals surface area contributed by atoms with Crippen LogP contribution < -0.4 is 10.1 Å². The largest absolute Gasteiger partial charge is 0.483 e. The second-order valence-corrected chi connectivity index (χ2v) is 4.67. The van der Waals surface area contributed by atoms with Crippen LogP contribution in [0.4, 0.5) is 5.82 Å². The normalized spacial score (nSPS) is 10.5. The maximum atomic E-state index is 11.8. The van der Waals surface area contributed by atoms with Crippen molar-refractivity contribution in [3.05, 3.63) is 54.9 Å². The topological polar surface area (TPSA) is 56.1 Å². The fraction of sp³-hybridized carbons (Fsp3) is 0.125. The summed E-state index contributed by atoms with van der Waals surface area (Å²) in [6.07, 6.45) is 3.59. The zero-order valence-electron chi connectivity index (χ0n) is 11.6. The molecule has 3 rings (SSSR count). The quantitative estimate of drug-likeness (QED) is 0.799. The van der Waals surface area contributed by atoms with Gasteiger partial charge < -0.3 is 14.6 Å². The van der Waals surface area contributed by atoms with E-state index in [0.717, 1.165) is 10.9 Å². The van der Waals surface area contributed by atoms with Gasteiger partial charge in [0.25, 0.3) is 5.91 Å². The van der Waals surface area contributed by atoms with Crippen LogP contribution in [0, 0.1) is 0 Å². The molecule has 1 aromatic carbocycles. The van der Waals surface area contributed by atoms with E-state index < -0.39 is 0 Å². The highest BCUT2D eigenvalue weighted by Crippen LogP contribution is 2.25. The number of rotatable bonds is 4. The highest BCUT2D eigenvalue weighted by Gasteiger charge is 2.08. The lowest BCUT2D eigenvalue weighted by Gasteiger charge is -2.08. The average molecular weight is 281 g/mol. The third kappa shape index (κ3) is 2.86. The summed E-state index contributed by atoms with van der Waals surface area (Å²) in [6.45, 7) is -0.0510. The molecule has 0 bridgehead atoms. The number of ether oxygens (including phenoxy) is 1. The van der Waals surface area contributed by atoms with E-state index in [9.17, 15) is 4.79 Å². The van der Waals surface area contributed by atoms with Crippen molar-refractivity contribution < 1.29 is 9.53 Å². The minimum Gasteiger partial charge on any atom is -0.483 e. The molecule has 3 aromatic rings. The van der Waals surface area contributed by atoms with Gasteiger partial charge in [0, 0.05) is 24.8 Å². The van der Waals surface area contributed by atoms with Crippen molar-refractivity contribution in [1.82, 2.24) is 9.55 Å². The number of aromatic nitrogens is 2. The molecule has 1 amide bonds. The lowest BCUT2D eigenvalue weighted by atomic mass is 10.2. The number of amides is 1. The zero-order chi connectivity index (χ0) is 14.7. The Kier molecular flexibility index (Phi) is 3.55. The van der Waals surface area contributed by atoms with E-state index in [1.165, 1.54) is 0 Å². The number of anilines is 1. The molecule has 0 aliphatic carbocycles. The van der Waals surface area contributed by atoms with E-state index in [2.05, 4.69) is 10.3 Å². The van der Waals surface area contributed by atoms with Crippen molar-refractivity contribution in [2.24, 2.45) is 7.05 Å². The van der Waals surface area contributed by atoms with Crippen LogP contribution >= 0.6 is 0 Å². The zero-order valence-corrected chi connectivity index (χ0v) is 11.6. The van der Waals surface area contributed by atoms with Crippen molar-refractivity contribution in [2.45, 2.75) is 0 Å². The minimum absolute atomic E-state index is 0.0510. The number of nitrogens with one attached hydrogen (secondary N) is 1. The Bertz CT molecular complexity index is 766. The van der Waals surface area contributed by atoms with Crippen LogP contribution in [0.15, 0.2) is 54.9 Å². The Morgan fingerprint density at radius 2 is 2.14 bits per heavy atom. The molecule has 0 fully saturated rings. The number of hydrogen-bond donors (Lipinski definition) is 1. The molecule has 1 N–H and O–H groups in total. The van der Waals surface area contributed by atoms with E-state index >= 15 is 0 Å². The molecule has 106 valence electrons. The Hall–Kier alpha value is -2.82. The Balaban J connectivity index is 1.68. The number of aryl methyl sites for hydroxylation is 1. The van der Waals surface area contributed by atoms with Crippen molar-refractivity contribution in [1.29, 1.82) is 0 Å². The molecule has 0 unspecified atom stereocenters. The molecule has 0 radical (unpaired) electrons. The van der Waals surface area contributed by atoms with E-state index in [-0.39, 0.29) is 12.5 Å². The molecule has 2 aromatic heterocycles. The van der Waals surface area contributed by atoms with Gasteiger partial charge in [-0.15, -0.1) is 0 Å². The first kappa shape index (κ1) is 13.2. The van der Waals surface area contributed by atoms with Crippen LogP contribution in [0.5, 0.6) is 5.75 Å². The van der Waals surface area contributed by atoms with Crippen molar-refractivity contribution in [3.63, 3.8) is 0 Å². The molecular weight excluding hydrogens is 266 g/mol. The number of nitrogens with zero attached hydrogens (tertiary/aromatic N) is 2. The van der Waals surface area contributed by atoms with E-state index in [1.807, 2.05) is 48.1 Å². The predicted octanol–water partition coefficient (Wildman–Crippen LogP) is 2.59. The third-order valence-electron chi connectivity index (χ3n) is 3.18. The van der Waals surface area contributed by atoms with Crippen LogP contribution in [0.2, 0.25) is 0 Å². The first-order valence-corrected chi connectivity index (χ1v) is 6.62. The van der Waals surface area contributed by atoms with Crippen molar-refractivity contribution >= 4 is 22.6 Å². The van der Waals surface area contributed by atoms with Gasteiger partial charge in [-0.2, -0.15) is 0 Å². The average Bonchev–Trinajstić information content (AvgIpc) is 2.88. The molecule has 21 heavy (non-hydrogen) atoms. The van der Waals surface area contributed by atoms with Gasteiger partial charge in [-0.1, -0.05) is 12.1 Å². The van der Waals surface area contributed by atoms with E-state index in [1.54, 1.807) is 18.3 Å². The summed E-state index contributed by atoms with van der Waals surface area (Å²) in [5.41, 5.74) is 1.07. The van der Waals surface area contributed by atoms with E-state index in [4.69, 9.17) is 4.74 Å². The summed E-state index contributed by atoms with van der Waals surface area (Å²) in [5.74, 6) is 0.981. The highest BCUT2D eigenvalue weighted by molar-refractivity contribution is 5.91. The van der Waals surface area contributed by atoms with Gasteiger partial charge in [0.2, 0.25) is 0 Å². The molecule has 0 saturated carbocycles. The number of hydrogen-bond acceptors (Lipinski definition) is 3. The molecule has 2 heterocycles. The lowest BCUT2D eigenvalue weighted by Crippen LogP contribution is -2.20. The van der Waals surface area contributed by atoms with Crippen molar-refractivity contribution in [3.8, 4) is 5.75 Å². The fourth-order valence-corrected chi connectivity index (χ4v) is 2.16. The van der Waals surface area contributed by atoms with Crippen LogP contribution in [0.25, 0.3) is 10.9 Å². The molecule has 0 aliphatic heterocycles. The lowest BCUT2D eigenvalue weighted by molar-refractivity contribution is -0.118. The van der Waals surface area contributed by atoms with Crippen LogP contribution in [0.3, 0.4) is 0 Å². The summed E-state index contributed by atoms with van der Waals surface area (Å²) in [5, 5.41) is 3.68. The smallest absolute Gasteiger partial charge is 0.263 e. The van der Waals surface area contributed by atoms with Gasteiger partial charge in [-0.05, 0) is 30.3 Å². The summed E-state index contributed by atoms with van der Waals surface area (Å²) >= 11 is 0. The molecule has 0 atom stereocenters. The number of carbonyl (C=O) groups excluding carboxylic acids is 1. The second-order valence-electron chi connectivity index (χ2n) is 4.67. The number of pyridine rings is 1.